The van der Waals surface area contributed by atoms with Gasteiger partial charge in [0.25, 0.3) is 0 Å². The van der Waals surface area contributed by atoms with Gasteiger partial charge in [-0.25, -0.2) is 4.79 Å². The van der Waals surface area contributed by atoms with Gasteiger partial charge >= 0.3 is 12.1 Å². The minimum absolute atomic E-state index is 0.00605. The summed E-state index contributed by atoms with van der Waals surface area (Å²) in [4.78, 5) is 26.1. The average Bonchev–Trinajstić information content (AvgIpc) is 3.40. The van der Waals surface area contributed by atoms with E-state index in [1.165, 1.54) is 29.4 Å². The second-order valence-corrected chi connectivity index (χ2v) is 7.71. The number of hydrogen-bond donors (Lipinski definition) is 0. The van der Waals surface area contributed by atoms with Crippen LogP contribution in [-0.4, -0.2) is 56.5 Å². The van der Waals surface area contributed by atoms with Crippen molar-refractivity contribution in [3.63, 3.8) is 0 Å². The van der Waals surface area contributed by atoms with Crippen molar-refractivity contribution >= 4 is 12.1 Å². The van der Waals surface area contributed by atoms with E-state index in [9.17, 15) is 9.59 Å². The molecule has 0 aromatic heterocycles. The predicted octanol–water partition coefficient (Wildman–Crippen LogP) is 3.98. The van der Waals surface area contributed by atoms with Crippen molar-refractivity contribution in [2.24, 2.45) is 0 Å². The number of carbonyl (C=O) groups is 2. The van der Waals surface area contributed by atoms with E-state index < -0.39 is 6.09 Å². The fourth-order valence-corrected chi connectivity index (χ4v) is 4.30. The van der Waals surface area contributed by atoms with E-state index in [1.54, 1.807) is 4.90 Å². The zero-order valence-electron chi connectivity index (χ0n) is 17.2. The molecule has 2 aromatic rings. The number of rotatable bonds is 7. The smallest absolute Gasteiger partial charge is 0.409 e. The van der Waals surface area contributed by atoms with Gasteiger partial charge in [0.05, 0.1) is 26.2 Å². The Hall–Kier alpha value is -2.86. The van der Waals surface area contributed by atoms with Gasteiger partial charge in [-0.1, -0.05) is 48.5 Å². The van der Waals surface area contributed by atoms with E-state index in [1.807, 2.05) is 24.3 Å². The lowest BCUT2D eigenvalue weighted by Gasteiger charge is -2.25. The van der Waals surface area contributed by atoms with Gasteiger partial charge < -0.3 is 19.1 Å². The molecule has 30 heavy (non-hydrogen) atoms. The van der Waals surface area contributed by atoms with Gasteiger partial charge in [-0.3, -0.25) is 4.79 Å². The molecule has 1 amide bonds. The molecule has 0 radical (unpaired) electrons. The number of methoxy groups -OCH3 is 1. The lowest BCUT2D eigenvalue weighted by Crippen LogP contribution is -2.39. The first-order valence-electron chi connectivity index (χ1n) is 10.5. The van der Waals surface area contributed by atoms with Gasteiger partial charge in [-0.2, -0.15) is 0 Å². The van der Waals surface area contributed by atoms with Crippen LogP contribution in [0.25, 0.3) is 11.1 Å². The molecule has 1 aliphatic heterocycles. The van der Waals surface area contributed by atoms with Gasteiger partial charge in [0, 0.05) is 19.1 Å². The standard InChI is InChI=1S/C24H27NO5/c1-28-23(26)12-13-25(15-17-7-6-14-29-17)24(27)30-16-22-20-10-4-2-8-18(20)19-9-3-5-11-21(19)22/h2-5,8-11,17,22H,6-7,12-16H2,1H3. The molecular weight excluding hydrogens is 382 g/mol. The van der Waals surface area contributed by atoms with Crippen molar-refractivity contribution in [1.82, 2.24) is 4.90 Å². The maximum Gasteiger partial charge on any atom is 0.409 e. The van der Waals surface area contributed by atoms with Crippen LogP contribution < -0.4 is 0 Å². The molecular formula is C24H27NO5. The highest BCUT2D eigenvalue weighted by Gasteiger charge is 2.30. The highest BCUT2D eigenvalue weighted by atomic mass is 16.6. The summed E-state index contributed by atoms with van der Waals surface area (Å²) in [6, 6.07) is 16.5. The summed E-state index contributed by atoms with van der Waals surface area (Å²) in [5.74, 6) is -0.342. The molecule has 158 valence electrons. The van der Waals surface area contributed by atoms with E-state index in [2.05, 4.69) is 24.3 Å². The normalized spacial score (nSPS) is 17.3. The molecule has 0 N–H and O–H groups in total. The summed E-state index contributed by atoms with van der Waals surface area (Å²) in [5, 5.41) is 0. The molecule has 6 nitrogen and oxygen atoms in total. The van der Waals surface area contributed by atoms with Crippen LogP contribution in [0.5, 0.6) is 0 Å². The maximum atomic E-state index is 12.9. The van der Waals surface area contributed by atoms with Crippen LogP contribution in [0.4, 0.5) is 4.79 Å². The summed E-state index contributed by atoms with van der Waals surface area (Å²) in [6.45, 7) is 1.64. The summed E-state index contributed by atoms with van der Waals surface area (Å²) >= 11 is 0. The van der Waals surface area contributed by atoms with Crippen LogP contribution in [-0.2, 0) is 19.0 Å². The van der Waals surface area contributed by atoms with Crippen molar-refractivity contribution in [3.05, 3.63) is 59.7 Å². The largest absolute Gasteiger partial charge is 0.469 e. The predicted molar refractivity (Wildman–Crippen MR) is 112 cm³/mol. The Morgan fingerprint density at radius 2 is 1.73 bits per heavy atom. The van der Waals surface area contributed by atoms with Crippen LogP contribution in [0, 0.1) is 0 Å². The van der Waals surface area contributed by atoms with E-state index >= 15 is 0 Å². The number of benzene rings is 2. The van der Waals surface area contributed by atoms with E-state index in [0.29, 0.717) is 13.2 Å². The summed E-state index contributed by atoms with van der Waals surface area (Å²) in [6.07, 6.45) is 1.60. The lowest BCUT2D eigenvalue weighted by molar-refractivity contribution is -0.140. The summed E-state index contributed by atoms with van der Waals surface area (Å²) in [5.41, 5.74) is 4.73. The first-order chi connectivity index (χ1) is 14.7. The van der Waals surface area contributed by atoms with Crippen LogP contribution in [0.15, 0.2) is 48.5 Å². The topological polar surface area (TPSA) is 65.1 Å². The molecule has 1 heterocycles. The molecule has 0 saturated carbocycles. The third-order valence-electron chi connectivity index (χ3n) is 5.86. The van der Waals surface area contributed by atoms with Crippen LogP contribution in [0.3, 0.4) is 0 Å². The zero-order chi connectivity index (χ0) is 20.9. The van der Waals surface area contributed by atoms with Gasteiger partial charge in [0.1, 0.15) is 6.61 Å². The van der Waals surface area contributed by atoms with E-state index in [4.69, 9.17) is 14.2 Å². The Labute approximate surface area is 176 Å². The molecule has 6 heteroatoms. The fraction of sp³-hybridized carbons (Fsp3) is 0.417. The Morgan fingerprint density at radius 3 is 2.33 bits per heavy atom. The number of ether oxygens (including phenoxy) is 3. The Balaban J connectivity index is 1.45. The molecule has 4 rings (SSSR count). The molecule has 2 aliphatic rings. The highest BCUT2D eigenvalue weighted by Crippen LogP contribution is 2.44. The minimum Gasteiger partial charge on any atom is -0.469 e. The van der Waals surface area contributed by atoms with Gasteiger partial charge in [-0.15, -0.1) is 0 Å². The Bertz CT molecular complexity index is 860. The van der Waals surface area contributed by atoms with E-state index in [-0.39, 0.29) is 37.6 Å². The second kappa shape index (κ2) is 9.30. The van der Waals surface area contributed by atoms with Crippen molar-refractivity contribution in [2.75, 3.05) is 33.4 Å². The monoisotopic (exact) mass is 409 g/mol. The maximum absolute atomic E-state index is 12.9. The Kier molecular flexibility index (Phi) is 6.33. The number of fused-ring (bicyclic) bond motifs is 3. The third kappa shape index (κ3) is 4.33. The van der Waals surface area contributed by atoms with Gasteiger partial charge in [0.15, 0.2) is 0 Å². The number of amides is 1. The van der Waals surface area contributed by atoms with Gasteiger partial charge in [0.2, 0.25) is 0 Å². The molecule has 0 spiro atoms. The SMILES string of the molecule is COC(=O)CCN(CC1CCCO1)C(=O)OCC1c2ccccc2-c2ccccc21. The number of nitrogens with zero attached hydrogens (tertiary/aromatic N) is 1. The first-order valence-corrected chi connectivity index (χ1v) is 10.5. The van der Waals surface area contributed by atoms with Crippen LogP contribution in [0.1, 0.15) is 36.3 Å². The van der Waals surface area contributed by atoms with Crippen LogP contribution >= 0.6 is 0 Å². The molecule has 1 atom stereocenters. The quantitative estimate of drug-likeness (QED) is 0.647. The fourth-order valence-electron chi connectivity index (χ4n) is 4.30. The zero-order valence-corrected chi connectivity index (χ0v) is 17.2. The highest BCUT2D eigenvalue weighted by molar-refractivity contribution is 5.79. The third-order valence-corrected chi connectivity index (χ3v) is 5.86. The van der Waals surface area contributed by atoms with Crippen molar-refractivity contribution in [2.45, 2.75) is 31.3 Å². The molecule has 0 bridgehead atoms. The van der Waals surface area contributed by atoms with Gasteiger partial charge in [-0.05, 0) is 35.1 Å². The van der Waals surface area contributed by atoms with E-state index in [0.717, 1.165) is 12.8 Å². The average molecular weight is 409 g/mol. The molecule has 1 fully saturated rings. The number of esters is 1. The molecule has 1 unspecified atom stereocenters. The molecule has 1 saturated heterocycles. The number of hydrogen-bond acceptors (Lipinski definition) is 5. The molecule has 1 aliphatic carbocycles. The van der Waals surface area contributed by atoms with Crippen molar-refractivity contribution in [3.8, 4) is 11.1 Å². The Morgan fingerprint density at radius 1 is 1.07 bits per heavy atom. The molecule has 2 aromatic carbocycles. The lowest BCUT2D eigenvalue weighted by atomic mass is 9.98. The van der Waals surface area contributed by atoms with Crippen molar-refractivity contribution < 1.29 is 23.8 Å². The second-order valence-electron chi connectivity index (χ2n) is 7.71. The minimum atomic E-state index is -0.420. The summed E-state index contributed by atoms with van der Waals surface area (Å²) in [7, 11) is 1.35. The summed E-state index contributed by atoms with van der Waals surface area (Å²) < 4.78 is 16.2. The van der Waals surface area contributed by atoms with Crippen LogP contribution in [0.2, 0.25) is 0 Å². The first kappa shape index (κ1) is 20.4. The number of carbonyl (C=O) groups excluding carboxylic acids is 2. The van der Waals surface area contributed by atoms with Crippen molar-refractivity contribution in [1.29, 1.82) is 0 Å².